The summed E-state index contributed by atoms with van der Waals surface area (Å²) in [6.07, 6.45) is -9.41. The quantitative estimate of drug-likeness (QED) is 0.328. The van der Waals surface area contributed by atoms with Gasteiger partial charge in [0.05, 0.1) is 7.11 Å². The van der Waals surface area contributed by atoms with Crippen molar-refractivity contribution in [1.29, 1.82) is 0 Å². The maximum absolute atomic E-state index is 13.0. The zero-order valence-corrected chi connectivity index (χ0v) is 19.8. The molecule has 1 unspecified atom stereocenters. The van der Waals surface area contributed by atoms with Crippen LogP contribution in [-0.2, 0) is 20.7 Å². The summed E-state index contributed by atoms with van der Waals surface area (Å²) in [5.74, 6) is -1.56. The first kappa shape index (κ1) is 27.5. The lowest BCUT2D eigenvalue weighted by atomic mass is 9.91. The van der Waals surface area contributed by atoms with Crippen LogP contribution < -0.4 is 14.8 Å². The average molecular weight is 560 g/mol. The van der Waals surface area contributed by atoms with E-state index >= 15 is 0 Å². The molecule has 0 saturated heterocycles. The normalized spacial score (nSPS) is 18.5. The van der Waals surface area contributed by atoms with Gasteiger partial charge in [-0.25, -0.2) is 9.59 Å². The lowest BCUT2D eigenvalue weighted by Crippen LogP contribution is -2.65. The molecule has 3 amide bonds. The van der Waals surface area contributed by atoms with Crippen molar-refractivity contribution in [3.8, 4) is 11.5 Å². The van der Waals surface area contributed by atoms with Crippen molar-refractivity contribution in [3.05, 3.63) is 53.6 Å². The summed E-state index contributed by atoms with van der Waals surface area (Å²) in [5.41, 5.74) is -1.25. The van der Waals surface area contributed by atoms with Crippen molar-refractivity contribution in [2.75, 3.05) is 25.7 Å². The summed E-state index contributed by atoms with van der Waals surface area (Å²) in [6.45, 7) is -2.08. The van der Waals surface area contributed by atoms with Gasteiger partial charge in [0.25, 0.3) is 0 Å². The van der Waals surface area contributed by atoms with Gasteiger partial charge in [-0.05, 0) is 48.0 Å². The molecule has 208 valence electrons. The van der Waals surface area contributed by atoms with E-state index in [1.807, 2.05) is 0 Å². The van der Waals surface area contributed by atoms with Crippen LogP contribution in [0.5, 0.6) is 11.5 Å². The number of carbonyl (C=O) groups is 3. The molecule has 1 atom stereocenters. The molecule has 0 aromatic heterocycles. The SMILES string of the molecule is COC(=O)C12Cc3cc(OCC(F)(F)F)ccc3C1=NN(C(=O)Nc1ccc(OC(F)(F)F)cc1)CN2C=O. The van der Waals surface area contributed by atoms with Gasteiger partial charge in [-0.1, -0.05) is 0 Å². The number of nitrogens with one attached hydrogen (secondary N) is 1. The number of anilines is 1. The molecule has 0 fully saturated rings. The van der Waals surface area contributed by atoms with Crippen LogP contribution in [0.4, 0.5) is 36.8 Å². The van der Waals surface area contributed by atoms with Crippen molar-refractivity contribution in [2.24, 2.45) is 5.10 Å². The first-order valence-corrected chi connectivity index (χ1v) is 10.9. The monoisotopic (exact) mass is 560 g/mol. The third kappa shape index (κ3) is 5.68. The van der Waals surface area contributed by atoms with E-state index in [2.05, 4.69) is 15.2 Å². The largest absolute Gasteiger partial charge is 0.573 e. The highest BCUT2D eigenvalue weighted by molar-refractivity contribution is 6.24. The number of amides is 3. The fraction of sp³-hybridized carbons (Fsp3) is 0.304. The predicted octanol–water partition coefficient (Wildman–Crippen LogP) is 3.66. The van der Waals surface area contributed by atoms with Crippen LogP contribution in [0, 0.1) is 0 Å². The highest BCUT2D eigenvalue weighted by Gasteiger charge is 2.58. The number of carbonyl (C=O) groups excluding carboxylic acids is 3. The maximum atomic E-state index is 13.0. The van der Waals surface area contributed by atoms with Crippen molar-refractivity contribution in [1.82, 2.24) is 9.91 Å². The van der Waals surface area contributed by atoms with Gasteiger partial charge in [0, 0.05) is 17.7 Å². The molecule has 0 bridgehead atoms. The molecule has 1 aliphatic carbocycles. The zero-order chi connectivity index (χ0) is 28.6. The number of methoxy groups -OCH3 is 1. The molecule has 2 aromatic carbocycles. The molecule has 39 heavy (non-hydrogen) atoms. The number of nitrogens with zero attached hydrogens (tertiary/aromatic N) is 3. The number of esters is 1. The molecule has 1 heterocycles. The second-order valence-corrected chi connectivity index (χ2v) is 8.32. The molecule has 0 saturated carbocycles. The summed E-state index contributed by atoms with van der Waals surface area (Å²) in [4.78, 5) is 38.9. The lowest BCUT2D eigenvalue weighted by molar-refractivity contribution is -0.274. The number of ether oxygens (including phenoxy) is 3. The van der Waals surface area contributed by atoms with Gasteiger partial charge >= 0.3 is 24.5 Å². The minimum absolute atomic E-state index is 0.0652. The standard InChI is InChI=1S/C23H18F6N4O6/c1-37-19(35)21-9-13-8-16(38-10-22(24,25)26)6-7-17(13)18(21)31-33(11-32(21)12-34)20(36)30-14-2-4-15(5-3-14)39-23(27,28)29/h2-8,12H,9-11H2,1H3,(H,30,36). The second kappa shape index (κ2) is 9.99. The van der Waals surface area contributed by atoms with Crippen LogP contribution in [-0.4, -0.2) is 72.5 Å². The van der Waals surface area contributed by atoms with E-state index in [-0.39, 0.29) is 29.1 Å². The number of rotatable bonds is 6. The lowest BCUT2D eigenvalue weighted by Gasteiger charge is -2.42. The number of hydrogen-bond donors (Lipinski definition) is 1. The smallest absolute Gasteiger partial charge is 0.484 e. The Morgan fingerprint density at radius 2 is 1.74 bits per heavy atom. The summed E-state index contributed by atoms with van der Waals surface area (Å²) in [7, 11) is 1.07. The summed E-state index contributed by atoms with van der Waals surface area (Å²) in [6, 6.07) is 7.14. The minimum atomic E-state index is -4.90. The van der Waals surface area contributed by atoms with Gasteiger partial charge in [-0.15, -0.1) is 13.2 Å². The van der Waals surface area contributed by atoms with Gasteiger partial charge < -0.3 is 24.4 Å². The predicted molar refractivity (Wildman–Crippen MR) is 120 cm³/mol. The van der Waals surface area contributed by atoms with Crippen LogP contribution in [0.15, 0.2) is 47.6 Å². The van der Waals surface area contributed by atoms with Crippen LogP contribution in [0.3, 0.4) is 0 Å². The third-order valence-electron chi connectivity index (χ3n) is 5.79. The Morgan fingerprint density at radius 1 is 1.08 bits per heavy atom. The molecule has 10 nitrogen and oxygen atoms in total. The Labute approximate surface area is 215 Å². The van der Waals surface area contributed by atoms with Gasteiger partial charge in [0.1, 0.15) is 23.9 Å². The molecule has 0 radical (unpaired) electrons. The van der Waals surface area contributed by atoms with Crippen LogP contribution >= 0.6 is 0 Å². The highest BCUT2D eigenvalue weighted by Crippen LogP contribution is 2.40. The summed E-state index contributed by atoms with van der Waals surface area (Å²) in [5, 5.41) is 7.45. The fourth-order valence-electron chi connectivity index (χ4n) is 4.19. The number of hydrazone groups is 1. The van der Waals surface area contributed by atoms with Crippen LogP contribution in [0.25, 0.3) is 0 Å². The molecule has 1 N–H and O–H groups in total. The highest BCUT2D eigenvalue weighted by atomic mass is 19.4. The average Bonchev–Trinajstić information content (AvgIpc) is 3.20. The van der Waals surface area contributed by atoms with E-state index in [4.69, 9.17) is 9.47 Å². The molecule has 1 aliphatic heterocycles. The molecular weight excluding hydrogens is 542 g/mol. The van der Waals surface area contributed by atoms with Crippen molar-refractivity contribution < 1.29 is 54.9 Å². The number of halogens is 6. The van der Waals surface area contributed by atoms with Gasteiger partial charge in [-0.2, -0.15) is 23.3 Å². The van der Waals surface area contributed by atoms with E-state index < -0.39 is 49.1 Å². The van der Waals surface area contributed by atoms with Crippen molar-refractivity contribution >= 4 is 29.8 Å². The molecule has 16 heteroatoms. The number of fused-ring (bicyclic) bond motifs is 3. The number of alkyl halides is 6. The Balaban J connectivity index is 1.64. The second-order valence-electron chi connectivity index (χ2n) is 8.32. The first-order valence-electron chi connectivity index (χ1n) is 10.9. The Morgan fingerprint density at radius 3 is 2.33 bits per heavy atom. The fourth-order valence-corrected chi connectivity index (χ4v) is 4.19. The zero-order valence-electron chi connectivity index (χ0n) is 19.8. The Bertz CT molecular complexity index is 1310. The van der Waals surface area contributed by atoms with E-state index in [9.17, 15) is 40.7 Å². The molecule has 2 aliphatic rings. The van der Waals surface area contributed by atoms with Crippen LogP contribution in [0.2, 0.25) is 0 Å². The van der Waals surface area contributed by atoms with Gasteiger partial charge in [-0.3, -0.25) is 4.79 Å². The third-order valence-corrected chi connectivity index (χ3v) is 5.79. The molecular formula is C23H18F6N4O6. The van der Waals surface area contributed by atoms with Crippen LogP contribution in [0.1, 0.15) is 11.1 Å². The van der Waals surface area contributed by atoms with E-state index in [0.29, 0.717) is 12.0 Å². The molecule has 2 aromatic rings. The number of urea groups is 1. The summed E-state index contributed by atoms with van der Waals surface area (Å²) >= 11 is 0. The summed E-state index contributed by atoms with van der Waals surface area (Å²) < 4.78 is 88.3. The van der Waals surface area contributed by atoms with Crippen molar-refractivity contribution in [2.45, 2.75) is 24.5 Å². The Kier molecular flexibility index (Phi) is 7.06. The maximum Gasteiger partial charge on any atom is 0.573 e. The molecule has 4 rings (SSSR count). The van der Waals surface area contributed by atoms with Crippen molar-refractivity contribution in [3.63, 3.8) is 0 Å². The molecule has 0 spiro atoms. The van der Waals surface area contributed by atoms with Gasteiger partial charge in [0.15, 0.2) is 12.1 Å². The number of hydrogen-bond acceptors (Lipinski definition) is 7. The Hall–Kier alpha value is -4.50. The van der Waals surface area contributed by atoms with E-state index in [1.165, 1.54) is 18.2 Å². The minimum Gasteiger partial charge on any atom is -0.484 e. The van der Waals surface area contributed by atoms with E-state index in [0.717, 1.165) is 41.3 Å². The van der Waals surface area contributed by atoms with E-state index in [1.54, 1.807) is 0 Å². The first-order chi connectivity index (χ1) is 18.3. The van der Waals surface area contributed by atoms with Gasteiger partial charge in [0.2, 0.25) is 6.41 Å². The topological polar surface area (TPSA) is 110 Å². The number of benzene rings is 2.